The topological polar surface area (TPSA) is 68.0 Å². The fourth-order valence-electron chi connectivity index (χ4n) is 4.33. The Balaban J connectivity index is 1.26. The number of nitrogens with zero attached hydrogens (tertiary/aromatic N) is 3. The van der Waals surface area contributed by atoms with Crippen LogP contribution in [-0.2, 0) is 22.4 Å². The number of anilines is 1. The molecule has 1 amide bonds. The molecule has 0 spiro atoms. The minimum Gasteiger partial charge on any atom is -0.445 e. The monoisotopic (exact) mass is 397 g/mol. The first-order valence-electron chi connectivity index (χ1n) is 10.6. The first-order chi connectivity index (χ1) is 14.3. The van der Waals surface area contributed by atoms with E-state index in [4.69, 9.17) is 18.9 Å². The number of oxazole rings is 1. The van der Waals surface area contributed by atoms with Crippen LogP contribution in [0.2, 0.25) is 0 Å². The summed E-state index contributed by atoms with van der Waals surface area (Å²) in [6.07, 6.45) is 2.64. The number of ether oxygens (including phenoxy) is 2. The zero-order valence-corrected chi connectivity index (χ0v) is 16.6. The van der Waals surface area contributed by atoms with Gasteiger partial charge in [-0.1, -0.05) is 0 Å². The van der Waals surface area contributed by atoms with Crippen molar-refractivity contribution in [3.05, 3.63) is 47.2 Å². The fraction of sp³-hybridized carbons (Fsp3) is 0.545. The molecule has 0 aliphatic carbocycles. The van der Waals surface area contributed by atoms with Crippen molar-refractivity contribution in [2.75, 3.05) is 51.0 Å². The maximum absolute atomic E-state index is 13.0. The van der Waals surface area contributed by atoms with Gasteiger partial charge in [0.15, 0.2) is 5.89 Å². The molecule has 1 aromatic heterocycles. The van der Waals surface area contributed by atoms with Gasteiger partial charge in [-0.2, -0.15) is 0 Å². The molecule has 4 heterocycles. The van der Waals surface area contributed by atoms with Gasteiger partial charge >= 0.3 is 0 Å². The van der Waals surface area contributed by atoms with Gasteiger partial charge in [-0.3, -0.25) is 4.79 Å². The number of aromatic nitrogens is 1. The minimum atomic E-state index is 0.0554. The average molecular weight is 397 g/mol. The lowest BCUT2D eigenvalue weighted by Crippen LogP contribution is -2.37. The molecule has 3 aliphatic rings. The number of hydrogen-bond donors (Lipinski definition) is 0. The van der Waals surface area contributed by atoms with Crippen LogP contribution in [0.3, 0.4) is 0 Å². The number of hydrogen-bond acceptors (Lipinski definition) is 6. The molecule has 0 saturated carbocycles. The summed E-state index contributed by atoms with van der Waals surface area (Å²) in [6, 6.07) is 7.93. The summed E-state index contributed by atoms with van der Waals surface area (Å²) in [7, 11) is 0. The van der Waals surface area contributed by atoms with Crippen molar-refractivity contribution in [1.82, 2.24) is 9.88 Å². The van der Waals surface area contributed by atoms with E-state index in [0.717, 1.165) is 87.4 Å². The predicted octanol–water partition coefficient (Wildman–Crippen LogP) is 2.60. The van der Waals surface area contributed by atoms with Crippen molar-refractivity contribution in [2.24, 2.45) is 0 Å². The Hall–Kier alpha value is -2.38. The number of carbonyl (C=O) groups excluding carboxylic acids is 1. The summed E-state index contributed by atoms with van der Waals surface area (Å²) in [6.45, 7) is 6.01. The second-order valence-electron chi connectivity index (χ2n) is 7.93. The van der Waals surface area contributed by atoms with Crippen molar-refractivity contribution in [1.29, 1.82) is 0 Å². The number of rotatable bonds is 3. The van der Waals surface area contributed by atoms with Crippen molar-refractivity contribution in [2.45, 2.75) is 31.7 Å². The largest absolute Gasteiger partial charge is 0.445 e. The lowest BCUT2D eigenvalue weighted by Gasteiger charge is -2.29. The SMILES string of the molecule is O=C(c1ccc(N2CCOCC2)cc1)N1CCc2oc(C3CCOCC3)nc2C1. The molecule has 0 bridgehead atoms. The quantitative estimate of drug-likeness (QED) is 0.793. The van der Waals surface area contributed by atoms with E-state index in [-0.39, 0.29) is 5.91 Å². The molecule has 5 rings (SSSR count). The highest BCUT2D eigenvalue weighted by atomic mass is 16.5. The number of amides is 1. The van der Waals surface area contributed by atoms with Crippen molar-refractivity contribution < 1.29 is 18.7 Å². The Morgan fingerprint density at radius 1 is 0.966 bits per heavy atom. The molecule has 29 heavy (non-hydrogen) atoms. The molecule has 0 atom stereocenters. The lowest BCUT2D eigenvalue weighted by atomic mass is 10.0. The van der Waals surface area contributed by atoms with Crippen LogP contribution in [0.1, 0.15) is 46.5 Å². The Labute approximate surface area is 170 Å². The Morgan fingerprint density at radius 2 is 1.69 bits per heavy atom. The second-order valence-corrected chi connectivity index (χ2v) is 7.93. The third-order valence-electron chi connectivity index (χ3n) is 6.09. The van der Waals surface area contributed by atoms with Gasteiger partial charge in [0.25, 0.3) is 5.91 Å². The first kappa shape index (κ1) is 18.6. The predicted molar refractivity (Wildman–Crippen MR) is 107 cm³/mol. The van der Waals surface area contributed by atoms with Gasteiger partial charge in [0, 0.05) is 56.4 Å². The van der Waals surface area contributed by atoms with Crippen LogP contribution in [0.15, 0.2) is 28.7 Å². The van der Waals surface area contributed by atoms with Crippen LogP contribution in [0.25, 0.3) is 0 Å². The van der Waals surface area contributed by atoms with Crippen LogP contribution in [0.5, 0.6) is 0 Å². The van der Waals surface area contributed by atoms with E-state index < -0.39 is 0 Å². The van der Waals surface area contributed by atoms with Crippen LogP contribution >= 0.6 is 0 Å². The molecule has 0 unspecified atom stereocenters. The summed E-state index contributed by atoms with van der Waals surface area (Å²) in [5.41, 5.74) is 2.78. The summed E-state index contributed by atoms with van der Waals surface area (Å²) in [4.78, 5) is 21.9. The average Bonchev–Trinajstić information content (AvgIpc) is 3.23. The molecule has 2 aromatic rings. The molecular formula is C22H27N3O4. The third kappa shape index (κ3) is 3.89. The molecule has 3 aliphatic heterocycles. The summed E-state index contributed by atoms with van der Waals surface area (Å²) >= 11 is 0. The zero-order chi connectivity index (χ0) is 19.6. The molecule has 2 fully saturated rings. The highest BCUT2D eigenvalue weighted by Crippen LogP contribution is 2.30. The second kappa shape index (κ2) is 8.16. The molecule has 154 valence electrons. The standard InChI is InChI=1S/C22H27N3O4/c26-22(17-1-3-18(4-2-17)24-9-13-28-14-10-24)25-8-5-20-19(15-25)23-21(29-20)16-6-11-27-12-7-16/h1-4,16H,5-15H2. The normalized spacial score (nSPS) is 20.6. The van der Waals surface area contributed by atoms with Gasteiger partial charge in [0.05, 0.1) is 19.8 Å². The summed E-state index contributed by atoms with van der Waals surface area (Å²) in [5, 5.41) is 0. The fourth-order valence-corrected chi connectivity index (χ4v) is 4.33. The molecule has 1 aromatic carbocycles. The van der Waals surface area contributed by atoms with E-state index in [1.165, 1.54) is 0 Å². The van der Waals surface area contributed by atoms with Crippen molar-refractivity contribution in [3.63, 3.8) is 0 Å². The highest BCUT2D eigenvalue weighted by Gasteiger charge is 2.29. The van der Waals surface area contributed by atoms with Crippen molar-refractivity contribution >= 4 is 11.6 Å². The van der Waals surface area contributed by atoms with Gasteiger partial charge in [-0.15, -0.1) is 0 Å². The van der Waals surface area contributed by atoms with Gasteiger partial charge < -0.3 is 23.7 Å². The van der Waals surface area contributed by atoms with E-state index in [1.54, 1.807) is 0 Å². The lowest BCUT2D eigenvalue weighted by molar-refractivity contribution is 0.0725. The van der Waals surface area contributed by atoms with Crippen LogP contribution in [0.4, 0.5) is 5.69 Å². The van der Waals surface area contributed by atoms with Gasteiger partial charge in [-0.05, 0) is 37.1 Å². The summed E-state index contributed by atoms with van der Waals surface area (Å²) < 4.78 is 16.9. The van der Waals surface area contributed by atoms with Gasteiger partial charge in [-0.25, -0.2) is 4.98 Å². The van der Waals surface area contributed by atoms with E-state index in [0.29, 0.717) is 19.0 Å². The first-order valence-corrected chi connectivity index (χ1v) is 10.6. The van der Waals surface area contributed by atoms with E-state index in [2.05, 4.69) is 4.90 Å². The zero-order valence-electron chi connectivity index (χ0n) is 16.6. The Bertz CT molecular complexity index is 851. The maximum Gasteiger partial charge on any atom is 0.254 e. The highest BCUT2D eigenvalue weighted by molar-refractivity contribution is 5.94. The number of fused-ring (bicyclic) bond motifs is 1. The van der Waals surface area contributed by atoms with Crippen LogP contribution < -0.4 is 4.90 Å². The van der Waals surface area contributed by atoms with E-state index in [9.17, 15) is 4.79 Å². The smallest absolute Gasteiger partial charge is 0.254 e. The van der Waals surface area contributed by atoms with Gasteiger partial charge in [0.1, 0.15) is 11.5 Å². The van der Waals surface area contributed by atoms with Gasteiger partial charge in [0.2, 0.25) is 0 Å². The van der Waals surface area contributed by atoms with Crippen molar-refractivity contribution in [3.8, 4) is 0 Å². The Kier molecular flexibility index (Phi) is 5.24. The molecule has 7 heteroatoms. The molecule has 2 saturated heterocycles. The van der Waals surface area contributed by atoms with Crippen LogP contribution in [-0.4, -0.2) is 61.9 Å². The number of carbonyl (C=O) groups is 1. The summed E-state index contributed by atoms with van der Waals surface area (Å²) in [5.74, 6) is 2.16. The van der Waals surface area contributed by atoms with Crippen LogP contribution in [0, 0.1) is 0 Å². The third-order valence-corrected chi connectivity index (χ3v) is 6.09. The molecule has 7 nitrogen and oxygen atoms in total. The van der Waals surface area contributed by atoms with E-state index >= 15 is 0 Å². The molecule has 0 N–H and O–H groups in total. The number of benzene rings is 1. The Morgan fingerprint density at radius 3 is 2.45 bits per heavy atom. The maximum atomic E-state index is 13.0. The number of morpholine rings is 1. The molecular weight excluding hydrogens is 370 g/mol. The minimum absolute atomic E-state index is 0.0554. The van der Waals surface area contributed by atoms with E-state index in [1.807, 2.05) is 29.2 Å². The molecule has 0 radical (unpaired) electrons.